The van der Waals surface area contributed by atoms with Crippen molar-refractivity contribution in [1.82, 2.24) is 14.7 Å². The summed E-state index contributed by atoms with van der Waals surface area (Å²) >= 11 is 0. The van der Waals surface area contributed by atoms with Crippen molar-refractivity contribution < 1.29 is 13.9 Å². The normalized spacial score (nSPS) is 19.9. The van der Waals surface area contributed by atoms with Gasteiger partial charge in [0.2, 0.25) is 0 Å². The zero-order chi connectivity index (χ0) is 18.4. The number of carbonyl (C=O) groups excluding carboxylic acids is 1. The second-order valence-corrected chi connectivity index (χ2v) is 7.35. The highest BCUT2D eigenvalue weighted by atomic mass is 19.1. The lowest BCUT2D eigenvalue weighted by atomic mass is 10.00. The second-order valence-electron chi connectivity index (χ2n) is 7.35. The predicted molar refractivity (Wildman–Crippen MR) is 93.9 cm³/mol. The van der Waals surface area contributed by atoms with E-state index in [4.69, 9.17) is 4.74 Å². The Balaban J connectivity index is 1.93. The maximum absolute atomic E-state index is 13.5. The molecule has 1 unspecified atom stereocenters. The number of hydrogen-bond donors (Lipinski definition) is 0. The third-order valence-corrected chi connectivity index (χ3v) is 4.69. The molecule has 2 heterocycles. The molecule has 134 valence electrons. The zero-order valence-corrected chi connectivity index (χ0v) is 15.3. The van der Waals surface area contributed by atoms with Crippen molar-refractivity contribution in [3.05, 3.63) is 41.3 Å². The van der Waals surface area contributed by atoms with Gasteiger partial charge in [-0.1, -0.05) is 0 Å². The number of morpholine rings is 1. The minimum atomic E-state index is -0.381. The molecule has 1 fully saturated rings. The molecule has 5 nitrogen and oxygen atoms in total. The zero-order valence-electron chi connectivity index (χ0n) is 15.3. The van der Waals surface area contributed by atoms with Gasteiger partial charge in [-0.05, 0) is 57.5 Å². The summed E-state index contributed by atoms with van der Waals surface area (Å²) in [6.45, 7) is 8.69. The Bertz CT molecular complexity index is 813. The highest BCUT2D eigenvalue weighted by Crippen LogP contribution is 2.27. The van der Waals surface area contributed by atoms with Crippen LogP contribution in [-0.2, 0) is 11.8 Å². The first kappa shape index (κ1) is 17.6. The van der Waals surface area contributed by atoms with Crippen LogP contribution in [0.1, 0.15) is 36.8 Å². The quantitative estimate of drug-likeness (QED) is 0.840. The van der Waals surface area contributed by atoms with Gasteiger partial charge in [0.1, 0.15) is 5.82 Å². The number of halogens is 1. The van der Waals surface area contributed by atoms with Gasteiger partial charge in [0.25, 0.3) is 5.91 Å². The van der Waals surface area contributed by atoms with Crippen molar-refractivity contribution in [3.8, 4) is 11.3 Å². The Morgan fingerprint density at radius 2 is 2.08 bits per heavy atom. The van der Waals surface area contributed by atoms with Gasteiger partial charge >= 0.3 is 0 Å². The molecule has 1 amide bonds. The molecule has 6 heteroatoms. The number of aromatic nitrogens is 2. The molecule has 0 radical (unpaired) electrons. The fourth-order valence-corrected chi connectivity index (χ4v) is 3.12. The molecule has 25 heavy (non-hydrogen) atoms. The summed E-state index contributed by atoms with van der Waals surface area (Å²) in [6.07, 6.45) is -0.0000872. The maximum Gasteiger partial charge on any atom is 0.274 e. The minimum absolute atomic E-state index is 0.0000872. The van der Waals surface area contributed by atoms with Gasteiger partial charge in [-0.3, -0.25) is 9.48 Å². The average Bonchev–Trinajstić information content (AvgIpc) is 2.94. The summed E-state index contributed by atoms with van der Waals surface area (Å²) in [5.41, 5.74) is 2.19. The molecule has 0 saturated carbocycles. The summed E-state index contributed by atoms with van der Waals surface area (Å²) in [4.78, 5) is 14.8. The van der Waals surface area contributed by atoms with Crippen LogP contribution >= 0.6 is 0 Å². The first-order valence-electron chi connectivity index (χ1n) is 8.43. The van der Waals surface area contributed by atoms with Crippen LogP contribution in [0.2, 0.25) is 0 Å². The van der Waals surface area contributed by atoms with Crippen molar-refractivity contribution in [2.45, 2.75) is 39.3 Å². The predicted octanol–water partition coefficient (Wildman–Crippen LogP) is 3.17. The number of amides is 1. The fraction of sp³-hybridized carbons (Fsp3) is 0.474. The molecule has 1 aromatic carbocycles. The maximum atomic E-state index is 13.5. The molecule has 3 rings (SSSR count). The van der Waals surface area contributed by atoms with Crippen LogP contribution < -0.4 is 0 Å². The number of ether oxygens (including phenoxy) is 1. The third kappa shape index (κ3) is 3.31. The Labute approximate surface area is 147 Å². The number of aryl methyl sites for hydroxylation is 2. The van der Waals surface area contributed by atoms with Crippen LogP contribution in [0.25, 0.3) is 11.3 Å². The number of benzene rings is 1. The monoisotopic (exact) mass is 345 g/mol. The van der Waals surface area contributed by atoms with Crippen molar-refractivity contribution in [3.63, 3.8) is 0 Å². The van der Waals surface area contributed by atoms with Crippen LogP contribution in [0.3, 0.4) is 0 Å². The fourth-order valence-electron chi connectivity index (χ4n) is 3.12. The van der Waals surface area contributed by atoms with Gasteiger partial charge in [0.05, 0.1) is 23.9 Å². The molecule has 1 aliphatic rings. The number of carbonyl (C=O) groups is 1. The van der Waals surface area contributed by atoms with Gasteiger partial charge in [-0.15, -0.1) is 0 Å². The Kier molecular flexibility index (Phi) is 4.41. The van der Waals surface area contributed by atoms with Crippen LogP contribution in [0.5, 0.6) is 0 Å². The topological polar surface area (TPSA) is 47.4 Å². The van der Waals surface area contributed by atoms with Crippen molar-refractivity contribution in [1.29, 1.82) is 0 Å². The molecule has 0 aliphatic carbocycles. The van der Waals surface area contributed by atoms with E-state index in [0.717, 1.165) is 11.3 Å². The summed E-state index contributed by atoms with van der Waals surface area (Å²) < 4.78 is 20.9. The lowest BCUT2D eigenvalue weighted by molar-refractivity contribution is -0.0757. The van der Waals surface area contributed by atoms with E-state index in [1.807, 2.05) is 25.7 Å². The van der Waals surface area contributed by atoms with Gasteiger partial charge in [0.15, 0.2) is 5.69 Å². The van der Waals surface area contributed by atoms with E-state index >= 15 is 0 Å². The summed E-state index contributed by atoms with van der Waals surface area (Å²) in [6, 6.07) is 6.67. The van der Waals surface area contributed by atoms with Gasteiger partial charge < -0.3 is 9.64 Å². The molecule has 0 bridgehead atoms. The average molecular weight is 345 g/mol. The van der Waals surface area contributed by atoms with E-state index in [2.05, 4.69) is 5.10 Å². The molecule has 1 atom stereocenters. The Morgan fingerprint density at radius 3 is 2.76 bits per heavy atom. The summed E-state index contributed by atoms with van der Waals surface area (Å²) in [7, 11) is 1.79. The lowest BCUT2D eigenvalue weighted by Crippen LogP contribution is -2.57. The smallest absolute Gasteiger partial charge is 0.274 e. The molecular weight excluding hydrogens is 321 g/mol. The van der Waals surface area contributed by atoms with Gasteiger partial charge in [-0.25, -0.2) is 4.39 Å². The molecular formula is C19H24FN3O2. The number of nitrogens with zero attached hydrogens (tertiary/aromatic N) is 3. The highest BCUT2D eigenvalue weighted by molar-refractivity contribution is 5.94. The van der Waals surface area contributed by atoms with Crippen LogP contribution in [0.15, 0.2) is 24.3 Å². The van der Waals surface area contributed by atoms with Crippen molar-refractivity contribution in [2.24, 2.45) is 7.05 Å². The van der Waals surface area contributed by atoms with E-state index in [-0.39, 0.29) is 23.4 Å². The van der Waals surface area contributed by atoms with E-state index in [9.17, 15) is 9.18 Å². The molecule has 1 aliphatic heterocycles. The summed E-state index contributed by atoms with van der Waals surface area (Å²) in [5.74, 6) is -0.355. The lowest BCUT2D eigenvalue weighted by Gasteiger charge is -2.44. The Hall–Kier alpha value is -2.21. The second kappa shape index (κ2) is 6.26. The van der Waals surface area contributed by atoms with Gasteiger partial charge in [0, 0.05) is 19.2 Å². The molecule has 2 aromatic rings. The van der Waals surface area contributed by atoms with Crippen LogP contribution in [-0.4, -0.2) is 45.4 Å². The van der Waals surface area contributed by atoms with Crippen molar-refractivity contribution in [2.75, 3.05) is 13.2 Å². The van der Waals surface area contributed by atoms with E-state index < -0.39 is 0 Å². The summed E-state index contributed by atoms with van der Waals surface area (Å²) in [5, 5.41) is 4.40. The molecule has 1 saturated heterocycles. The number of rotatable bonds is 2. The standard InChI is InChI=1S/C19H24FN3O2/c1-12-8-14(6-7-15(12)20)17-9-16(21-22(17)5)18(24)23-10-13(2)25-11-19(23,3)4/h6-9,13H,10-11H2,1-5H3. The van der Waals surface area contributed by atoms with E-state index in [0.29, 0.717) is 24.4 Å². The van der Waals surface area contributed by atoms with Crippen molar-refractivity contribution >= 4 is 5.91 Å². The molecule has 1 aromatic heterocycles. The van der Waals surface area contributed by atoms with E-state index in [1.54, 1.807) is 36.9 Å². The van der Waals surface area contributed by atoms with E-state index in [1.165, 1.54) is 6.07 Å². The number of hydrogen-bond acceptors (Lipinski definition) is 3. The first-order valence-corrected chi connectivity index (χ1v) is 8.43. The highest BCUT2D eigenvalue weighted by Gasteiger charge is 2.38. The molecule has 0 spiro atoms. The van der Waals surface area contributed by atoms with Gasteiger partial charge in [-0.2, -0.15) is 5.10 Å². The Morgan fingerprint density at radius 1 is 1.36 bits per heavy atom. The van der Waals surface area contributed by atoms with Crippen LogP contribution in [0.4, 0.5) is 4.39 Å². The SMILES string of the molecule is Cc1cc(-c2cc(C(=O)N3CC(C)OCC3(C)C)nn2C)ccc1F. The molecule has 0 N–H and O–H groups in total. The minimum Gasteiger partial charge on any atom is -0.374 e. The first-order chi connectivity index (χ1) is 11.7. The third-order valence-electron chi connectivity index (χ3n) is 4.69. The van der Waals surface area contributed by atoms with Crippen LogP contribution in [0, 0.1) is 12.7 Å². The largest absolute Gasteiger partial charge is 0.374 e.